The Morgan fingerprint density at radius 2 is 0.591 bits per heavy atom. The molecule has 0 bridgehead atoms. The van der Waals surface area contributed by atoms with Crippen LogP contribution in [0.4, 0.5) is 8.78 Å². The van der Waals surface area contributed by atoms with Crippen molar-refractivity contribution in [2.24, 2.45) is 0 Å². The molecule has 0 fully saturated rings. The predicted octanol–water partition coefficient (Wildman–Crippen LogP) is 22.8. The molecular weight excluding hydrogens is 1140 g/mol. The van der Waals surface area contributed by atoms with E-state index in [1.807, 2.05) is 0 Å². The van der Waals surface area contributed by atoms with Crippen LogP contribution in [0, 0.1) is 34.3 Å². The number of rotatable bonds is 8. The molecule has 2 aromatic heterocycles. The molecule has 6 heteroatoms. The van der Waals surface area contributed by atoms with Gasteiger partial charge in [0.1, 0.15) is 34.9 Å². The van der Waals surface area contributed by atoms with Gasteiger partial charge >= 0.3 is 0 Å². The molecule has 1 aliphatic rings. The standard InChI is InChI=1S/C55H35N3.C25H18.C7H3F2N/c56-36-49-50(57-52-30-26-41(37-14-5-1-6-15-37)32-47(52)45-28-24-43(34-54(45)57)39-18-9-3-10-19-39)22-13-23-51(49)58-53-31-27-42(38-16-7-2-8-17-38)33-48(53)46-29-25-44(35-55(46)58)40-20-11-4-12-21-40;1-3-7-18(8-4-1)20-13-14-24-23(15-20)16-22-12-11-21(17-25(22)24)19-9-5-2-6-10-19;8-6-2-1-3-7(9)5(6)4-10/h1-35H;1-15,17H,16H2;1-3H. The molecule has 17 rings (SSSR count). The Bertz CT molecular complexity index is 5310. The summed E-state index contributed by atoms with van der Waals surface area (Å²) in [7, 11) is 0. The molecule has 93 heavy (non-hydrogen) atoms. The molecule has 0 atom stereocenters. The number of hydrogen-bond donors (Lipinski definition) is 0. The summed E-state index contributed by atoms with van der Waals surface area (Å²) in [5.41, 5.74) is 25.9. The van der Waals surface area contributed by atoms with Crippen LogP contribution in [0.1, 0.15) is 22.3 Å². The molecule has 0 saturated heterocycles. The maximum Gasteiger partial charge on any atom is 0.143 e. The van der Waals surface area contributed by atoms with E-state index in [2.05, 4.69) is 325 Å². The van der Waals surface area contributed by atoms with E-state index in [0.717, 1.165) is 107 Å². The van der Waals surface area contributed by atoms with Crippen LogP contribution >= 0.6 is 0 Å². The molecule has 0 aliphatic heterocycles. The molecule has 0 spiro atoms. The van der Waals surface area contributed by atoms with Crippen LogP contribution < -0.4 is 0 Å². The zero-order chi connectivity index (χ0) is 62.8. The molecule has 0 radical (unpaired) electrons. The molecule has 0 saturated carbocycles. The number of fused-ring (bicyclic) bond motifs is 9. The summed E-state index contributed by atoms with van der Waals surface area (Å²) in [5.74, 6) is -1.63. The van der Waals surface area contributed by atoms with Crippen LogP contribution in [-0.2, 0) is 6.42 Å². The average molecular weight is 1200 g/mol. The summed E-state index contributed by atoms with van der Waals surface area (Å²) in [6.45, 7) is 0. The van der Waals surface area contributed by atoms with Crippen LogP contribution in [0.3, 0.4) is 0 Å². The van der Waals surface area contributed by atoms with Crippen molar-refractivity contribution in [2.45, 2.75) is 6.42 Å². The normalized spacial score (nSPS) is 11.3. The number of hydrogen-bond acceptors (Lipinski definition) is 2. The van der Waals surface area contributed by atoms with E-state index in [9.17, 15) is 14.0 Å². The summed E-state index contributed by atoms with van der Waals surface area (Å²) in [4.78, 5) is 0. The third-order valence-corrected chi connectivity index (χ3v) is 17.8. The zero-order valence-corrected chi connectivity index (χ0v) is 50.4. The van der Waals surface area contributed by atoms with Crippen LogP contribution in [0.25, 0.3) is 133 Å². The Kier molecular flexibility index (Phi) is 15.2. The lowest BCUT2D eigenvalue weighted by Crippen LogP contribution is -2.04. The van der Waals surface area contributed by atoms with Gasteiger partial charge in [-0.2, -0.15) is 10.5 Å². The molecule has 16 aromatic rings. The van der Waals surface area contributed by atoms with Gasteiger partial charge in [-0.3, -0.25) is 0 Å². The second kappa shape index (κ2) is 24.8. The van der Waals surface area contributed by atoms with Crippen molar-refractivity contribution < 1.29 is 8.78 Å². The van der Waals surface area contributed by atoms with Crippen molar-refractivity contribution in [3.63, 3.8) is 0 Å². The molecule has 4 nitrogen and oxygen atoms in total. The van der Waals surface area contributed by atoms with Crippen LogP contribution in [-0.4, -0.2) is 9.13 Å². The number of nitriles is 2. The van der Waals surface area contributed by atoms with Crippen molar-refractivity contribution in [2.75, 3.05) is 0 Å². The Hall–Kier alpha value is -12.5. The molecule has 0 N–H and O–H groups in total. The number of benzene rings is 14. The summed E-state index contributed by atoms with van der Waals surface area (Å²) < 4.78 is 29.4. The highest BCUT2D eigenvalue weighted by Crippen LogP contribution is 2.44. The second-order valence-electron chi connectivity index (χ2n) is 23.2. The highest BCUT2D eigenvalue weighted by atomic mass is 19.1. The monoisotopic (exact) mass is 1190 g/mol. The van der Waals surface area contributed by atoms with Gasteiger partial charge in [-0.1, -0.05) is 261 Å². The fraction of sp³-hybridized carbons (Fsp3) is 0.0115. The molecule has 0 amide bonds. The first-order valence-corrected chi connectivity index (χ1v) is 31.0. The lowest BCUT2D eigenvalue weighted by molar-refractivity contribution is 0.577. The number of aromatic nitrogens is 2. The SMILES string of the molecule is N#Cc1c(-n2c3ccc(-c4ccccc4)cc3c3ccc(-c4ccccc4)cc32)cccc1-n1c2ccc(-c3ccccc3)cc2c2ccc(-c3ccccc3)cc21.N#Cc1c(F)cccc1F.c1ccc(-c2ccc3c(c2)Cc2ccc(-c4ccccc4)cc2-3)cc1. The molecule has 0 unspecified atom stereocenters. The van der Waals surface area contributed by atoms with E-state index in [1.165, 1.54) is 67.8 Å². The van der Waals surface area contributed by atoms with E-state index in [0.29, 0.717) is 5.56 Å². The van der Waals surface area contributed by atoms with Gasteiger partial charge in [-0.25, -0.2) is 8.78 Å². The summed E-state index contributed by atoms with van der Waals surface area (Å²) in [5, 5.41) is 24.1. The Labute approximate surface area is 538 Å². The third kappa shape index (κ3) is 10.9. The van der Waals surface area contributed by atoms with Crippen molar-refractivity contribution >= 4 is 43.6 Å². The van der Waals surface area contributed by atoms with Crippen molar-refractivity contribution in [1.29, 1.82) is 10.5 Å². The van der Waals surface area contributed by atoms with Crippen LogP contribution in [0.2, 0.25) is 0 Å². The minimum Gasteiger partial charge on any atom is -0.308 e. The van der Waals surface area contributed by atoms with Gasteiger partial charge in [0.2, 0.25) is 0 Å². The second-order valence-corrected chi connectivity index (χ2v) is 23.2. The highest BCUT2D eigenvalue weighted by Gasteiger charge is 2.24. The fourth-order valence-corrected chi connectivity index (χ4v) is 13.2. The van der Waals surface area contributed by atoms with E-state index in [-0.39, 0.29) is 0 Å². The summed E-state index contributed by atoms with van der Waals surface area (Å²) in [6, 6.07) is 118. The predicted molar refractivity (Wildman–Crippen MR) is 378 cm³/mol. The quantitative estimate of drug-likeness (QED) is 0.152. The fourth-order valence-electron chi connectivity index (χ4n) is 13.2. The summed E-state index contributed by atoms with van der Waals surface area (Å²) >= 11 is 0. The van der Waals surface area contributed by atoms with Crippen molar-refractivity contribution in [1.82, 2.24) is 9.13 Å². The van der Waals surface area contributed by atoms with Gasteiger partial charge in [0.25, 0.3) is 0 Å². The molecule has 14 aromatic carbocycles. The van der Waals surface area contributed by atoms with Gasteiger partial charge in [0.15, 0.2) is 0 Å². The van der Waals surface area contributed by atoms with E-state index >= 15 is 0 Å². The van der Waals surface area contributed by atoms with Gasteiger partial charge in [-0.15, -0.1) is 0 Å². The van der Waals surface area contributed by atoms with E-state index < -0.39 is 17.2 Å². The first-order chi connectivity index (χ1) is 45.9. The smallest absolute Gasteiger partial charge is 0.143 e. The largest absolute Gasteiger partial charge is 0.308 e. The van der Waals surface area contributed by atoms with E-state index in [4.69, 9.17) is 5.26 Å². The lowest BCUT2D eigenvalue weighted by Gasteiger charge is -2.16. The number of nitrogens with zero attached hydrogens (tertiary/aromatic N) is 4. The van der Waals surface area contributed by atoms with Crippen LogP contribution in [0.15, 0.2) is 328 Å². The third-order valence-electron chi connectivity index (χ3n) is 17.8. The van der Waals surface area contributed by atoms with Crippen molar-refractivity contribution in [3.8, 4) is 101 Å². The van der Waals surface area contributed by atoms with Gasteiger partial charge in [0.05, 0.1) is 33.4 Å². The Morgan fingerprint density at radius 1 is 0.247 bits per heavy atom. The first-order valence-electron chi connectivity index (χ1n) is 31.0. The van der Waals surface area contributed by atoms with Gasteiger partial charge in [0, 0.05) is 21.5 Å². The minimum absolute atomic E-state index is 0.525. The van der Waals surface area contributed by atoms with Crippen LogP contribution in [0.5, 0.6) is 0 Å². The molecule has 2 heterocycles. The maximum absolute atomic E-state index is 12.4. The molecular formula is C87H56F2N4. The molecule has 438 valence electrons. The first kappa shape index (κ1) is 57.0. The topological polar surface area (TPSA) is 57.4 Å². The van der Waals surface area contributed by atoms with E-state index in [1.54, 1.807) is 0 Å². The Morgan fingerprint density at radius 3 is 0.989 bits per heavy atom. The summed E-state index contributed by atoms with van der Waals surface area (Å²) in [6.07, 6.45) is 1.03. The minimum atomic E-state index is -0.817. The highest BCUT2D eigenvalue weighted by molar-refractivity contribution is 6.13. The maximum atomic E-state index is 12.4. The lowest BCUT2D eigenvalue weighted by atomic mass is 9.97. The zero-order valence-electron chi connectivity index (χ0n) is 50.4. The molecule has 1 aliphatic carbocycles. The van der Waals surface area contributed by atoms with Crippen molar-refractivity contribution in [3.05, 3.63) is 361 Å². The van der Waals surface area contributed by atoms with Gasteiger partial charge < -0.3 is 9.13 Å². The average Bonchev–Trinajstić information content (AvgIpc) is 1.60. The van der Waals surface area contributed by atoms with Gasteiger partial charge in [-0.05, 0) is 162 Å². The Balaban J connectivity index is 0.000000167. The number of halogens is 2.